The number of amides is 1. The second-order valence-electron chi connectivity index (χ2n) is 12.9. The highest BCUT2D eigenvalue weighted by Gasteiger charge is 2.46. The molecule has 1 amide bonds. The first-order chi connectivity index (χ1) is 22.1. The topological polar surface area (TPSA) is 57.7 Å². The van der Waals surface area contributed by atoms with E-state index in [4.69, 9.17) is 9.72 Å². The highest BCUT2D eigenvalue weighted by molar-refractivity contribution is 7.98. The van der Waals surface area contributed by atoms with Gasteiger partial charge in [-0.2, -0.15) is 0 Å². The Morgan fingerprint density at radius 2 is 1.69 bits per heavy atom. The zero-order valence-electron chi connectivity index (χ0n) is 26.6. The van der Waals surface area contributed by atoms with Crippen LogP contribution in [-0.2, 0) is 12.1 Å². The Hall–Kier alpha value is -3.39. The number of hydrogen-bond donors (Lipinski definition) is 1. The van der Waals surface area contributed by atoms with Crippen LogP contribution in [-0.4, -0.2) is 66.3 Å². The standard InChI is InChI=1S/C38H44N4O2S/c1-44-30-13-11-27(12-14-30)36-33(26-41-23-17-29(18-24-41)42-21-7-4-8-22-42)35(32-25-31(45-2)15-16-34(32)39-36)37(43)40-38(19-20-38)28-9-5-3-6-10-28/h3,5-6,9-16,25,29H,4,7-8,17-24,26H2,1-2H3,(H,40,43). The van der Waals surface area contributed by atoms with Crippen LogP contribution in [0.15, 0.2) is 77.7 Å². The van der Waals surface area contributed by atoms with E-state index in [1.165, 1.54) is 50.8 Å². The number of carbonyl (C=O) groups is 1. The van der Waals surface area contributed by atoms with Gasteiger partial charge in [-0.15, -0.1) is 11.8 Å². The first-order valence-corrected chi connectivity index (χ1v) is 17.8. The van der Waals surface area contributed by atoms with Crippen LogP contribution in [0.25, 0.3) is 22.2 Å². The zero-order chi connectivity index (χ0) is 30.8. The van der Waals surface area contributed by atoms with Crippen LogP contribution >= 0.6 is 11.8 Å². The van der Waals surface area contributed by atoms with Gasteiger partial charge in [0.15, 0.2) is 0 Å². The number of rotatable bonds is 9. The van der Waals surface area contributed by atoms with Crippen molar-refractivity contribution in [1.82, 2.24) is 20.1 Å². The molecule has 1 saturated carbocycles. The lowest BCUT2D eigenvalue weighted by Crippen LogP contribution is -2.46. The van der Waals surface area contributed by atoms with Crippen molar-refractivity contribution in [1.29, 1.82) is 0 Å². The van der Waals surface area contributed by atoms with E-state index in [0.29, 0.717) is 12.6 Å². The molecule has 3 aliphatic rings. The smallest absolute Gasteiger partial charge is 0.253 e. The molecule has 7 heteroatoms. The normalized spacial score (nSPS) is 19.0. The zero-order valence-corrected chi connectivity index (χ0v) is 27.4. The number of piperidine rings is 2. The van der Waals surface area contributed by atoms with Gasteiger partial charge in [-0.3, -0.25) is 9.69 Å². The van der Waals surface area contributed by atoms with E-state index in [-0.39, 0.29) is 11.4 Å². The Morgan fingerprint density at radius 1 is 0.956 bits per heavy atom. The highest BCUT2D eigenvalue weighted by Crippen LogP contribution is 2.46. The van der Waals surface area contributed by atoms with Crippen molar-refractivity contribution in [3.8, 4) is 17.0 Å². The number of aromatic nitrogens is 1. The predicted octanol–water partition coefficient (Wildman–Crippen LogP) is 7.50. The molecular formula is C38H44N4O2S. The lowest BCUT2D eigenvalue weighted by Gasteiger charge is -2.40. The molecule has 234 valence electrons. The van der Waals surface area contributed by atoms with Crippen LogP contribution in [0.1, 0.15) is 66.4 Å². The number of hydrogen-bond acceptors (Lipinski definition) is 6. The van der Waals surface area contributed by atoms with E-state index in [2.05, 4.69) is 76.0 Å². The summed E-state index contributed by atoms with van der Waals surface area (Å²) in [6, 6.07) is 25.6. The number of pyridine rings is 1. The Kier molecular flexibility index (Phi) is 8.85. The van der Waals surface area contributed by atoms with Crippen molar-refractivity contribution in [2.75, 3.05) is 39.5 Å². The Morgan fingerprint density at radius 3 is 2.36 bits per heavy atom. The van der Waals surface area contributed by atoms with Gasteiger partial charge in [0.2, 0.25) is 0 Å². The molecule has 1 N–H and O–H groups in total. The summed E-state index contributed by atoms with van der Waals surface area (Å²) in [5.74, 6) is 0.803. The lowest BCUT2D eigenvalue weighted by atomic mass is 9.93. The van der Waals surface area contributed by atoms with Crippen LogP contribution in [0.4, 0.5) is 0 Å². The Balaban J connectivity index is 1.30. The summed E-state index contributed by atoms with van der Waals surface area (Å²) in [4.78, 5) is 26.4. The molecule has 4 aromatic rings. The molecule has 7 rings (SSSR count). The number of fused-ring (bicyclic) bond motifs is 1. The Bertz CT molecular complexity index is 1640. The van der Waals surface area contributed by atoms with E-state index in [0.717, 1.165) is 69.9 Å². The lowest BCUT2D eigenvalue weighted by molar-refractivity contribution is 0.0881. The first kappa shape index (κ1) is 30.3. The molecule has 1 aromatic heterocycles. The molecule has 3 heterocycles. The van der Waals surface area contributed by atoms with Gasteiger partial charge in [0.05, 0.1) is 29.4 Å². The molecule has 3 fully saturated rings. The van der Waals surface area contributed by atoms with Crippen molar-refractivity contribution in [3.05, 3.63) is 89.5 Å². The number of nitrogens with zero attached hydrogens (tertiary/aromatic N) is 3. The van der Waals surface area contributed by atoms with Crippen molar-refractivity contribution in [2.45, 2.75) is 68.0 Å². The number of likely N-dealkylation sites (tertiary alicyclic amines) is 2. The number of methoxy groups -OCH3 is 1. The molecule has 45 heavy (non-hydrogen) atoms. The van der Waals surface area contributed by atoms with E-state index >= 15 is 0 Å². The van der Waals surface area contributed by atoms with Crippen LogP contribution in [0.5, 0.6) is 5.75 Å². The first-order valence-electron chi connectivity index (χ1n) is 16.6. The second kappa shape index (κ2) is 13.1. The van der Waals surface area contributed by atoms with Crippen LogP contribution < -0.4 is 10.1 Å². The number of carbonyl (C=O) groups excluding carboxylic acids is 1. The summed E-state index contributed by atoms with van der Waals surface area (Å²) in [7, 11) is 1.69. The molecule has 2 aliphatic heterocycles. The van der Waals surface area contributed by atoms with E-state index < -0.39 is 0 Å². The quantitative estimate of drug-likeness (QED) is 0.196. The maximum Gasteiger partial charge on any atom is 0.253 e. The minimum atomic E-state index is -0.310. The summed E-state index contributed by atoms with van der Waals surface area (Å²) in [6.45, 7) is 5.24. The summed E-state index contributed by atoms with van der Waals surface area (Å²) in [5.41, 5.74) is 5.39. The van der Waals surface area contributed by atoms with E-state index in [9.17, 15) is 4.79 Å². The maximum absolute atomic E-state index is 14.7. The average Bonchev–Trinajstić information content (AvgIpc) is 3.89. The van der Waals surface area contributed by atoms with E-state index in [1.54, 1.807) is 18.9 Å². The van der Waals surface area contributed by atoms with Gasteiger partial charge in [-0.25, -0.2) is 4.98 Å². The molecule has 0 bridgehead atoms. The average molecular weight is 621 g/mol. The summed E-state index contributed by atoms with van der Waals surface area (Å²) >= 11 is 1.70. The van der Waals surface area contributed by atoms with Crippen LogP contribution in [0.3, 0.4) is 0 Å². The van der Waals surface area contributed by atoms with Gasteiger partial charge in [-0.1, -0.05) is 36.8 Å². The number of ether oxygens (including phenoxy) is 1. The summed E-state index contributed by atoms with van der Waals surface area (Å²) in [5, 5.41) is 4.46. The minimum Gasteiger partial charge on any atom is -0.497 e. The molecule has 2 saturated heterocycles. The third kappa shape index (κ3) is 6.35. The van der Waals surface area contributed by atoms with Crippen LogP contribution in [0, 0.1) is 0 Å². The molecule has 0 radical (unpaired) electrons. The molecular weight excluding hydrogens is 577 g/mol. The molecule has 0 spiro atoms. The predicted molar refractivity (Wildman–Crippen MR) is 184 cm³/mol. The fourth-order valence-electron chi connectivity index (χ4n) is 7.41. The van der Waals surface area contributed by atoms with E-state index in [1.807, 2.05) is 18.2 Å². The number of nitrogens with one attached hydrogen (secondary N) is 1. The molecule has 6 nitrogen and oxygen atoms in total. The third-order valence-corrected chi connectivity index (χ3v) is 10.9. The van der Waals surface area contributed by atoms with Gasteiger partial charge in [0, 0.05) is 34.0 Å². The summed E-state index contributed by atoms with van der Waals surface area (Å²) in [6.07, 6.45) is 10.4. The van der Waals surface area contributed by atoms with Crippen LogP contribution in [0.2, 0.25) is 0 Å². The number of benzene rings is 3. The molecule has 0 unspecified atom stereocenters. The van der Waals surface area contributed by atoms with Gasteiger partial charge < -0.3 is 15.0 Å². The molecule has 3 aromatic carbocycles. The Labute approximate surface area is 271 Å². The third-order valence-electron chi connectivity index (χ3n) is 10.2. The van der Waals surface area contributed by atoms with Gasteiger partial charge in [0.1, 0.15) is 5.75 Å². The monoisotopic (exact) mass is 620 g/mol. The fourth-order valence-corrected chi connectivity index (χ4v) is 7.85. The van der Waals surface area contributed by atoms with Crippen molar-refractivity contribution in [2.24, 2.45) is 0 Å². The highest BCUT2D eigenvalue weighted by atomic mass is 32.2. The number of thioether (sulfide) groups is 1. The molecule has 1 aliphatic carbocycles. The van der Waals surface area contributed by atoms with Crippen molar-refractivity contribution < 1.29 is 9.53 Å². The largest absolute Gasteiger partial charge is 0.497 e. The summed E-state index contributed by atoms with van der Waals surface area (Å²) < 4.78 is 5.48. The van der Waals surface area contributed by atoms with Crippen molar-refractivity contribution in [3.63, 3.8) is 0 Å². The van der Waals surface area contributed by atoms with Gasteiger partial charge >= 0.3 is 0 Å². The van der Waals surface area contributed by atoms with Gasteiger partial charge in [0.25, 0.3) is 5.91 Å². The SMILES string of the molecule is COc1ccc(-c2nc3ccc(SC)cc3c(C(=O)NC3(c4ccccc4)CC3)c2CN2CCC(N3CCCCC3)CC2)cc1. The maximum atomic E-state index is 14.7. The minimum absolute atomic E-state index is 0.00466. The van der Waals surface area contributed by atoms with Gasteiger partial charge in [-0.05, 0) is 119 Å². The molecule has 0 atom stereocenters. The fraction of sp³-hybridized carbons (Fsp3) is 0.421. The second-order valence-corrected chi connectivity index (χ2v) is 13.8. The van der Waals surface area contributed by atoms with Crippen molar-refractivity contribution >= 4 is 28.6 Å².